The smallest absolute Gasteiger partial charge is 0.107 e. The van der Waals surface area contributed by atoms with Gasteiger partial charge >= 0.3 is 0 Å². The molecule has 3 rings (SSSR count). The molecule has 1 N–H and O–H groups in total. The van der Waals surface area contributed by atoms with Gasteiger partial charge in [-0.25, -0.2) is 0 Å². The molecule has 1 aromatic carbocycles. The zero-order valence-corrected chi connectivity index (χ0v) is 8.25. The van der Waals surface area contributed by atoms with Gasteiger partial charge in [0.25, 0.3) is 0 Å². The van der Waals surface area contributed by atoms with Crippen LogP contribution >= 0.6 is 0 Å². The van der Waals surface area contributed by atoms with Gasteiger partial charge in [0.15, 0.2) is 0 Å². The molecule has 1 aromatic rings. The fourth-order valence-electron chi connectivity index (χ4n) is 2.64. The summed E-state index contributed by atoms with van der Waals surface area (Å²) >= 11 is 0. The molecule has 74 valence electrons. The highest BCUT2D eigenvalue weighted by molar-refractivity contribution is 5.35. The summed E-state index contributed by atoms with van der Waals surface area (Å²) in [6.45, 7) is 2.93. The molecule has 1 spiro atoms. The van der Waals surface area contributed by atoms with Gasteiger partial charge in [0.1, 0.15) is 5.60 Å². The Bertz CT molecular complexity index is 342. The van der Waals surface area contributed by atoms with E-state index in [-0.39, 0.29) is 5.60 Å². The van der Waals surface area contributed by atoms with Crippen LogP contribution in [0.5, 0.6) is 0 Å². The summed E-state index contributed by atoms with van der Waals surface area (Å²) in [5.41, 5.74) is 2.88. The molecule has 0 aliphatic carbocycles. The van der Waals surface area contributed by atoms with Gasteiger partial charge in [-0.15, -0.1) is 0 Å². The van der Waals surface area contributed by atoms with E-state index in [0.29, 0.717) is 0 Å². The van der Waals surface area contributed by atoms with Gasteiger partial charge < -0.3 is 10.1 Å². The summed E-state index contributed by atoms with van der Waals surface area (Å²) in [4.78, 5) is 0. The number of hydrogen-bond acceptors (Lipinski definition) is 2. The Hall–Kier alpha value is -0.860. The summed E-state index contributed by atoms with van der Waals surface area (Å²) in [7, 11) is 0. The number of benzene rings is 1. The van der Waals surface area contributed by atoms with E-state index in [9.17, 15) is 0 Å². The van der Waals surface area contributed by atoms with Gasteiger partial charge in [-0.3, -0.25) is 0 Å². The van der Waals surface area contributed by atoms with Crippen LogP contribution in [0.15, 0.2) is 24.3 Å². The molecule has 2 nitrogen and oxygen atoms in total. The number of hydrogen-bond donors (Lipinski definition) is 1. The van der Waals surface area contributed by atoms with Crippen LogP contribution in [0.2, 0.25) is 0 Å². The zero-order chi connectivity index (χ0) is 9.43. The van der Waals surface area contributed by atoms with Crippen LogP contribution in [0.4, 0.5) is 0 Å². The van der Waals surface area contributed by atoms with Crippen LogP contribution in [0.1, 0.15) is 17.5 Å². The van der Waals surface area contributed by atoms with Crippen molar-refractivity contribution in [1.82, 2.24) is 5.32 Å². The third kappa shape index (κ3) is 1.11. The Labute approximate surface area is 84.3 Å². The summed E-state index contributed by atoms with van der Waals surface area (Å²) in [5, 5.41) is 3.40. The van der Waals surface area contributed by atoms with Crippen molar-refractivity contribution in [1.29, 1.82) is 0 Å². The average Bonchev–Trinajstić information content (AvgIpc) is 2.68. The lowest BCUT2D eigenvalue weighted by atomic mass is 9.86. The highest BCUT2D eigenvalue weighted by Gasteiger charge is 2.40. The Balaban J connectivity index is 2.10. The molecule has 0 amide bonds. The average molecular weight is 189 g/mol. The monoisotopic (exact) mass is 189 g/mol. The Morgan fingerprint density at radius 2 is 2.21 bits per heavy atom. The van der Waals surface area contributed by atoms with E-state index in [0.717, 1.165) is 32.5 Å². The fraction of sp³-hybridized carbons (Fsp3) is 0.500. The maximum Gasteiger partial charge on any atom is 0.107 e. The second-order valence-corrected chi connectivity index (χ2v) is 4.18. The normalized spacial score (nSPS) is 30.6. The molecule has 2 heteroatoms. The van der Waals surface area contributed by atoms with Crippen LogP contribution in [0.25, 0.3) is 0 Å². The number of fused-ring (bicyclic) bond motifs is 2. The fourth-order valence-corrected chi connectivity index (χ4v) is 2.64. The van der Waals surface area contributed by atoms with Crippen molar-refractivity contribution in [2.45, 2.75) is 18.4 Å². The van der Waals surface area contributed by atoms with Gasteiger partial charge in [0.2, 0.25) is 0 Å². The van der Waals surface area contributed by atoms with Crippen LogP contribution in [0, 0.1) is 0 Å². The first-order valence-corrected chi connectivity index (χ1v) is 5.34. The van der Waals surface area contributed by atoms with Gasteiger partial charge in [-0.2, -0.15) is 0 Å². The first kappa shape index (κ1) is 8.45. The van der Waals surface area contributed by atoms with Crippen LogP contribution < -0.4 is 5.32 Å². The number of ether oxygens (including phenoxy) is 1. The summed E-state index contributed by atoms with van der Waals surface area (Å²) < 4.78 is 5.99. The van der Waals surface area contributed by atoms with Crippen molar-refractivity contribution >= 4 is 0 Å². The van der Waals surface area contributed by atoms with E-state index < -0.39 is 0 Å². The van der Waals surface area contributed by atoms with E-state index in [1.165, 1.54) is 11.1 Å². The highest BCUT2D eigenvalue weighted by atomic mass is 16.5. The molecule has 2 heterocycles. The Kier molecular flexibility index (Phi) is 1.85. The summed E-state index contributed by atoms with van der Waals surface area (Å²) in [6, 6.07) is 8.70. The predicted octanol–water partition coefficient (Wildman–Crippen LogP) is 1.45. The quantitative estimate of drug-likeness (QED) is 0.667. The molecule has 0 saturated carbocycles. The third-order valence-electron chi connectivity index (χ3n) is 3.37. The van der Waals surface area contributed by atoms with E-state index in [1.807, 2.05) is 0 Å². The molecule has 1 fully saturated rings. The van der Waals surface area contributed by atoms with Gasteiger partial charge in [-0.05, 0) is 30.5 Å². The van der Waals surface area contributed by atoms with Crippen LogP contribution in [-0.2, 0) is 16.8 Å². The lowest BCUT2D eigenvalue weighted by Crippen LogP contribution is -2.37. The van der Waals surface area contributed by atoms with E-state index in [4.69, 9.17) is 4.74 Å². The van der Waals surface area contributed by atoms with Crippen molar-refractivity contribution in [3.05, 3.63) is 35.4 Å². The Morgan fingerprint density at radius 1 is 1.29 bits per heavy atom. The van der Waals surface area contributed by atoms with Gasteiger partial charge in [0, 0.05) is 6.54 Å². The van der Waals surface area contributed by atoms with E-state index in [2.05, 4.69) is 29.6 Å². The van der Waals surface area contributed by atoms with E-state index in [1.54, 1.807) is 0 Å². The van der Waals surface area contributed by atoms with Crippen molar-refractivity contribution in [3.63, 3.8) is 0 Å². The van der Waals surface area contributed by atoms with Crippen LogP contribution in [0.3, 0.4) is 0 Å². The maximum atomic E-state index is 5.99. The molecule has 1 saturated heterocycles. The zero-order valence-electron chi connectivity index (χ0n) is 8.25. The lowest BCUT2D eigenvalue weighted by Gasteiger charge is -2.35. The summed E-state index contributed by atoms with van der Waals surface area (Å²) in [6.07, 6.45) is 2.18. The SMILES string of the molecule is c1ccc2c(c1)CCOC21CCNC1. The molecule has 0 aromatic heterocycles. The second-order valence-electron chi connectivity index (χ2n) is 4.18. The minimum absolute atomic E-state index is 0.00512. The molecule has 0 radical (unpaired) electrons. The first-order valence-electron chi connectivity index (χ1n) is 5.34. The molecule has 2 aliphatic rings. The largest absolute Gasteiger partial charge is 0.369 e. The molecule has 2 aliphatic heterocycles. The summed E-state index contributed by atoms with van der Waals surface area (Å²) in [5.74, 6) is 0. The standard InChI is InChI=1S/C12H15NO/c1-2-4-11-10(3-1)5-8-14-12(11)6-7-13-9-12/h1-4,13H,5-9H2. The lowest BCUT2D eigenvalue weighted by molar-refractivity contribution is -0.0449. The Morgan fingerprint density at radius 3 is 3.07 bits per heavy atom. The molecule has 1 atom stereocenters. The second kappa shape index (κ2) is 3.07. The maximum absolute atomic E-state index is 5.99. The van der Waals surface area contributed by atoms with Crippen molar-refractivity contribution in [2.75, 3.05) is 19.7 Å². The first-order chi connectivity index (χ1) is 6.91. The van der Waals surface area contributed by atoms with Crippen LogP contribution in [-0.4, -0.2) is 19.7 Å². The van der Waals surface area contributed by atoms with Crippen molar-refractivity contribution in [2.24, 2.45) is 0 Å². The molecular weight excluding hydrogens is 174 g/mol. The van der Waals surface area contributed by atoms with Gasteiger partial charge in [0.05, 0.1) is 6.61 Å². The third-order valence-corrected chi connectivity index (χ3v) is 3.37. The van der Waals surface area contributed by atoms with Crippen molar-refractivity contribution in [3.8, 4) is 0 Å². The van der Waals surface area contributed by atoms with Crippen molar-refractivity contribution < 1.29 is 4.74 Å². The molecule has 14 heavy (non-hydrogen) atoms. The number of nitrogens with one attached hydrogen (secondary N) is 1. The minimum Gasteiger partial charge on any atom is -0.369 e. The molecule has 1 unspecified atom stereocenters. The molecular formula is C12H15NO. The predicted molar refractivity (Wildman–Crippen MR) is 55.3 cm³/mol. The van der Waals surface area contributed by atoms with Gasteiger partial charge in [-0.1, -0.05) is 24.3 Å². The molecule has 0 bridgehead atoms. The minimum atomic E-state index is -0.00512. The van der Waals surface area contributed by atoms with E-state index >= 15 is 0 Å². The topological polar surface area (TPSA) is 21.3 Å². The highest BCUT2D eigenvalue weighted by Crippen LogP contribution is 2.37. The number of rotatable bonds is 0.